The van der Waals surface area contributed by atoms with Gasteiger partial charge in [-0.1, -0.05) is 0 Å². The van der Waals surface area contributed by atoms with Gasteiger partial charge >= 0.3 is 6.18 Å². The zero-order valence-corrected chi connectivity index (χ0v) is 14.5. The second kappa shape index (κ2) is 7.96. The third-order valence-corrected chi connectivity index (χ3v) is 3.68. The van der Waals surface area contributed by atoms with Crippen LogP contribution in [0, 0.1) is 10.1 Å². The fourth-order valence-electron chi connectivity index (χ4n) is 2.34. The van der Waals surface area contributed by atoms with Crippen LogP contribution in [0.25, 0.3) is 5.69 Å². The molecule has 150 valence electrons. The lowest BCUT2D eigenvalue weighted by Gasteiger charge is -2.14. The molecule has 29 heavy (non-hydrogen) atoms. The van der Waals surface area contributed by atoms with Gasteiger partial charge in [0.15, 0.2) is 6.61 Å². The number of amides is 1. The number of benzene rings is 2. The maximum Gasteiger partial charge on any atom is 0.416 e. The SMILES string of the molecule is O=C(COc1ccc([N+](=O)[O-])cc1)Nc1cc(C(F)(F)F)ccc1-n1cncn1. The minimum atomic E-state index is -4.60. The summed E-state index contributed by atoms with van der Waals surface area (Å²) in [6.45, 7) is -0.523. The average molecular weight is 407 g/mol. The number of nitro benzene ring substituents is 1. The van der Waals surface area contributed by atoms with Crippen molar-refractivity contribution in [1.82, 2.24) is 14.8 Å². The first kappa shape index (κ1) is 19.8. The van der Waals surface area contributed by atoms with Crippen LogP contribution in [-0.2, 0) is 11.0 Å². The molecule has 0 saturated heterocycles. The number of aromatic nitrogens is 3. The monoisotopic (exact) mass is 407 g/mol. The summed E-state index contributed by atoms with van der Waals surface area (Å²) < 4.78 is 45.5. The molecule has 0 spiro atoms. The molecule has 0 unspecified atom stereocenters. The number of nitro groups is 1. The van der Waals surface area contributed by atoms with Crippen molar-refractivity contribution in [3.05, 3.63) is 70.8 Å². The van der Waals surface area contributed by atoms with Gasteiger partial charge in [0.25, 0.3) is 11.6 Å². The zero-order valence-electron chi connectivity index (χ0n) is 14.5. The predicted molar refractivity (Wildman–Crippen MR) is 93.6 cm³/mol. The molecule has 2 aromatic carbocycles. The molecule has 1 amide bonds. The number of halogens is 3. The second-order valence-corrected chi connectivity index (χ2v) is 5.66. The highest BCUT2D eigenvalue weighted by Gasteiger charge is 2.31. The standard InChI is InChI=1S/C17H12F3N5O4/c18-17(19,20)11-1-6-15(24-10-21-9-22-24)14(7-11)23-16(26)8-29-13-4-2-12(3-5-13)25(27)28/h1-7,9-10H,8H2,(H,23,26). The van der Waals surface area contributed by atoms with E-state index in [0.717, 1.165) is 18.2 Å². The molecule has 0 atom stereocenters. The molecule has 3 rings (SSSR count). The lowest BCUT2D eigenvalue weighted by Crippen LogP contribution is -2.21. The largest absolute Gasteiger partial charge is 0.484 e. The predicted octanol–water partition coefficient (Wildman–Crippen LogP) is 3.21. The van der Waals surface area contributed by atoms with Crippen molar-refractivity contribution in [3.8, 4) is 11.4 Å². The Morgan fingerprint density at radius 3 is 2.52 bits per heavy atom. The first-order valence-corrected chi connectivity index (χ1v) is 7.97. The Morgan fingerprint density at radius 2 is 1.93 bits per heavy atom. The molecule has 0 aliphatic heterocycles. The molecule has 1 heterocycles. The summed E-state index contributed by atoms with van der Waals surface area (Å²) >= 11 is 0. The maximum absolute atomic E-state index is 13.0. The number of non-ortho nitro benzene ring substituents is 1. The van der Waals surface area contributed by atoms with Crippen molar-refractivity contribution in [2.45, 2.75) is 6.18 Å². The summed E-state index contributed by atoms with van der Waals surface area (Å²) in [5, 5.41) is 16.8. The van der Waals surface area contributed by atoms with E-state index in [0.29, 0.717) is 0 Å². The molecule has 1 aromatic heterocycles. The third kappa shape index (κ3) is 4.86. The molecule has 0 fully saturated rings. The lowest BCUT2D eigenvalue weighted by atomic mass is 10.1. The van der Waals surface area contributed by atoms with Gasteiger partial charge in [-0.2, -0.15) is 18.3 Å². The van der Waals surface area contributed by atoms with Gasteiger partial charge in [-0.05, 0) is 30.3 Å². The van der Waals surface area contributed by atoms with E-state index in [1.807, 2.05) is 0 Å². The Balaban J connectivity index is 1.75. The number of nitrogens with zero attached hydrogens (tertiary/aromatic N) is 4. The van der Waals surface area contributed by atoms with Gasteiger partial charge in [0, 0.05) is 12.1 Å². The number of anilines is 1. The number of hydrogen-bond acceptors (Lipinski definition) is 6. The van der Waals surface area contributed by atoms with Crippen LogP contribution in [0.2, 0.25) is 0 Å². The van der Waals surface area contributed by atoms with Crippen LogP contribution in [-0.4, -0.2) is 32.2 Å². The summed E-state index contributed by atoms with van der Waals surface area (Å²) in [5.41, 5.74) is -1.06. The van der Waals surface area contributed by atoms with E-state index in [1.54, 1.807) is 0 Å². The van der Waals surface area contributed by atoms with E-state index in [9.17, 15) is 28.1 Å². The van der Waals surface area contributed by atoms with Crippen LogP contribution in [0.1, 0.15) is 5.56 Å². The highest BCUT2D eigenvalue weighted by Crippen LogP contribution is 2.33. The van der Waals surface area contributed by atoms with Gasteiger partial charge in [0.2, 0.25) is 0 Å². The molecule has 0 aliphatic rings. The molecular formula is C17H12F3N5O4. The number of rotatable bonds is 6. The van der Waals surface area contributed by atoms with Crippen LogP contribution >= 0.6 is 0 Å². The van der Waals surface area contributed by atoms with Crippen molar-refractivity contribution < 1.29 is 27.6 Å². The van der Waals surface area contributed by atoms with E-state index in [-0.39, 0.29) is 22.8 Å². The van der Waals surface area contributed by atoms with Crippen LogP contribution in [0.3, 0.4) is 0 Å². The minimum Gasteiger partial charge on any atom is -0.484 e. The number of alkyl halides is 3. The topological polar surface area (TPSA) is 112 Å². The molecule has 3 aromatic rings. The van der Waals surface area contributed by atoms with Crippen molar-refractivity contribution in [1.29, 1.82) is 0 Å². The number of carbonyl (C=O) groups is 1. The van der Waals surface area contributed by atoms with Crippen molar-refractivity contribution in [3.63, 3.8) is 0 Å². The first-order valence-electron chi connectivity index (χ1n) is 7.97. The summed E-state index contributed by atoms with van der Waals surface area (Å²) in [6.07, 6.45) is -2.14. The molecule has 12 heteroatoms. The van der Waals surface area contributed by atoms with Crippen LogP contribution in [0.15, 0.2) is 55.1 Å². The number of hydrogen-bond donors (Lipinski definition) is 1. The maximum atomic E-state index is 13.0. The van der Waals surface area contributed by atoms with Gasteiger partial charge < -0.3 is 10.1 Å². The molecule has 0 bridgehead atoms. The van der Waals surface area contributed by atoms with E-state index in [1.165, 1.54) is 41.6 Å². The van der Waals surface area contributed by atoms with E-state index in [4.69, 9.17) is 4.74 Å². The Bertz CT molecular complexity index is 1020. The Hall–Kier alpha value is -3.96. The molecular weight excluding hydrogens is 395 g/mol. The van der Waals surface area contributed by atoms with Crippen molar-refractivity contribution in [2.24, 2.45) is 0 Å². The zero-order chi connectivity index (χ0) is 21.0. The van der Waals surface area contributed by atoms with Crippen molar-refractivity contribution >= 4 is 17.3 Å². The Kier molecular flexibility index (Phi) is 5.43. The van der Waals surface area contributed by atoms with E-state index in [2.05, 4.69) is 15.4 Å². The van der Waals surface area contributed by atoms with Crippen LogP contribution in [0.4, 0.5) is 24.5 Å². The van der Waals surface area contributed by atoms with E-state index >= 15 is 0 Å². The molecule has 0 saturated carbocycles. The highest BCUT2D eigenvalue weighted by atomic mass is 19.4. The normalized spacial score (nSPS) is 11.1. The number of ether oxygens (including phenoxy) is 1. The van der Waals surface area contributed by atoms with Crippen molar-refractivity contribution in [2.75, 3.05) is 11.9 Å². The average Bonchev–Trinajstić information content (AvgIpc) is 3.20. The smallest absolute Gasteiger partial charge is 0.416 e. The lowest BCUT2D eigenvalue weighted by molar-refractivity contribution is -0.384. The third-order valence-electron chi connectivity index (χ3n) is 3.68. The van der Waals surface area contributed by atoms with Gasteiger partial charge in [-0.15, -0.1) is 0 Å². The Labute approximate surface area is 160 Å². The van der Waals surface area contributed by atoms with Gasteiger partial charge in [0.1, 0.15) is 18.4 Å². The molecule has 0 aliphatic carbocycles. The van der Waals surface area contributed by atoms with Gasteiger partial charge in [-0.25, -0.2) is 9.67 Å². The quantitative estimate of drug-likeness (QED) is 0.496. The minimum absolute atomic E-state index is 0.136. The molecule has 0 radical (unpaired) electrons. The summed E-state index contributed by atoms with van der Waals surface area (Å²) in [5.74, 6) is -0.546. The van der Waals surface area contributed by atoms with Gasteiger partial charge in [-0.3, -0.25) is 14.9 Å². The summed E-state index contributed by atoms with van der Waals surface area (Å²) in [7, 11) is 0. The fourth-order valence-corrected chi connectivity index (χ4v) is 2.34. The molecule has 9 nitrogen and oxygen atoms in total. The summed E-state index contributed by atoms with van der Waals surface area (Å²) in [4.78, 5) is 25.9. The van der Waals surface area contributed by atoms with E-state index < -0.39 is 29.2 Å². The second-order valence-electron chi connectivity index (χ2n) is 5.66. The van der Waals surface area contributed by atoms with Gasteiger partial charge in [0.05, 0.1) is 21.9 Å². The summed E-state index contributed by atoms with van der Waals surface area (Å²) in [6, 6.07) is 7.80. The number of carbonyl (C=O) groups excluding carboxylic acids is 1. The highest BCUT2D eigenvalue weighted by molar-refractivity contribution is 5.94. The first-order chi connectivity index (χ1) is 13.7. The number of nitrogens with one attached hydrogen (secondary N) is 1. The Morgan fingerprint density at radius 1 is 1.21 bits per heavy atom. The molecule has 1 N–H and O–H groups in total. The van der Waals surface area contributed by atoms with Crippen LogP contribution < -0.4 is 10.1 Å². The van der Waals surface area contributed by atoms with Crippen LogP contribution in [0.5, 0.6) is 5.75 Å². The fraction of sp³-hybridized carbons (Fsp3) is 0.118.